The van der Waals surface area contributed by atoms with Crippen molar-refractivity contribution in [3.05, 3.63) is 39.9 Å². The summed E-state index contributed by atoms with van der Waals surface area (Å²) in [7, 11) is 0. The number of carbonyl (C=O) groups excluding carboxylic acids is 1. The summed E-state index contributed by atoms with van der Waals surface area (Å²) in [5.74, 6) is 0.262. The number of aliphatic hydroxyl groups is 1. The average Bonchev–Trinajstić information content (AvgIpc) is 3.13. The summed E-state index contributed by atoms with van der Waals surface area (Å²) in [6.45, 7) is 7.57. The van der Waals surface area contributed by atoms with E-state index in [2.05, 4.69) is 37.0 Å². The first-order valence-corrected chi connectivity index (χ1v) is 8.76. The van der Waals surface area contributed by atoms with Gasteiger partial charge in [0, 0.05) is 31.2 Å². The fourth-order valence-electron chi connectivity index (χ4n) is 3.07. The Hall–Kier alpha value is -1.72. The van der Waals surface area contributed by atoms with E-state index >= 15 is 0 Å². The van der Waals surface area contributed by atoms with E-state index in [4.69, 9.17) is 0 Å². The molecule has 3 rings (SSSR count). The van der Waals surface area contributed by atoms with Gasteiger partial charge in [0.25, 0.3) is 5.91 Å². The summed E-state index contributed by atoms with van der Waals surface area (Å²) >= 11 is 1.47. The standard InChI is InChI=1S/C18H22N2O2S/c1-11-4-5-15(12(2)8-11)17-19-13(3)16(23-17)18(22)20-7-6-14(9-20)10-21/h4-5,8,14,21H,6-7,9-10H2,1-3H3. The number of thiazole rings is 1. The maximum Gasteiger partial charge on any atom is 0.265 e. The Bertz CT molecular complexity index is 739. The van der Waals surface area contributed by atoms with Crippen LogP contribution in [0.3, 0.4) is 0 Å². The van der Waals surface area contributed by atoms with E-state index < -0.39 is 0 Å². The number of carbonyl (C=O) groups is 1. The van der Waals surface area contributed by atoms with Gasteiger partial charge in [-0.1, -0.05) is 23.8 Å². The Kier molecular flexibility index (Phi) is 4.50. The molecule has 0 radical (unpaired) electrons. The summed E-state index contributed by atoms with van der Waals surface area (Å²) in [5, 5.41) is 10.2. The van der Waals surface area contributed by atoms with Gasteiger partial charge in [0.15, 0.2) is 0 Å². The number of hydrogen-bond donors (Lipinski definition) is 1. The van der Waals surface area contributed by atoms with E-state index in [0.717, 1.165) is 34.1 Å². The van der Waals surface area contributed by atoms with Gasteiger partial charge in [-0.2, -0.15) is 0 Å². The van der Waals surface area contributed by atoms with Crippen molar-refractivity contribution in [2.75, 3.05) is 19.7 Å². The Morgan fingerprint density at radius 2 is 2.17 bits per heavy atom. The highest BCUT2D eigenvalue weighted by Gasteiger charge is 2.29. The van der Waals surface area contributed by atoms with E-state index in [1.807, 2.05) is 11.8 Å². The highest BCUT2D eigenvalue weighted by molar-refractivity contribution is 7.17. The molecule has 2 aromatic rings. The molecule has 2 heterocycles. The van der Waals surface area contributed by atoms with Gasteiger partial charge in [0.1, 0.15) is 9.88 Å². The Morgan fingerprint density at radius 3 is 2.83 bits per heavy atom. The maximum absolute atomic E-state index is 12.7. The number of likely N-dealkylation sites (tertiary alicyclic amines) is 1. The van der Waals surface area contributed by atoms with Crippen molar-refractivity contribution in [3.63, 3.8) is 0 Å². The van der Waals surface area contributed by atoms with Crippen LogP contribution in [0.2, 0.25) is 0 Å². The normalized spacial score (nSPS) is 17.7. The molecule has 1 amide bonds. The van der Waals surface area contributed by atoms with Crippen LogP contribution in [0.25, 0.3) is 10.6 Å². The molecule has 1 aromatic heterocycles. The molecule has 0 spiro atoms. The molecule has 4 nitrogen and oxygen atoms in total. The Labute approximate surface area is 140 Å². The summed E-state index contributed by atoms with van der Waals surface area (Å²) < 4.78 is 0. The van der Waals surface area contributed by atoms with Gasteiger partial charge in [-0.15, -0.1) is 11.3 Å². The lowest BCUT2D eigenvalue weighted by atomic mass is 10.1. The fourth-order valence-corrected chi connectivity index (χ4v) is 4.20. The average molecular weight is 330 g/mol. The zero-order valence-electron chi connectivity index (χ0n) is 13.8. The van der Waals surface area contributed by atoms with Crippen molar-refractivity contribution in [2.45, 2.75) is 27.2 Å². The van der Waals surface area contributed by atoms with Gasteiger partial charge >= 0.3 is 0 Å². The maximum atomic E-state index is 12.7. The Balaban J connectivity index is 1.88. The zero-order chi connectivity index (χ0) is 16.6. The number of aryl methyl sites for hydroxylation is 3. The molecule has 23 heavy (non-hydrogen) atoms. The molecular weight excluding hydrogens is 308 g/mol. The first kappa shape index (κ1) is 16.1. The predicted octanol–water partition coefficient (Wildman–Crippen LogP) is 3.19. The molecule has 1 atom stereocenters. The molecule has 1 N–H and O–H groups in total. The van der Waals surface area contributed by atoms with Crippen LogP contribution in [0.4, 0.5) is 0 Å². The van der Waals surface area contributed by atoms with Gasteiger partial charge in [-0.3, -0.25) is 4.79 Å². The second kappa shape index (κ2) is 6.42. The van der Waals surface area contributed by atoms with Crippen molar-refractivity contribution in [1.29, 1.82) is 0 Å². The molecule has 122 valence electrons. The van der Waals surface area contributed by atoms with E-state index in [1.165, 1.54) is 22.5 Å². The topological polar surface area (TPSA) is 53.4 Å². The lowest BCUT2D eigenvalue weighted by molar-refractivity contribution is 0.0785. The summed E-state index contributed by atoms with van der Waals surface area (Å²) in [5.41, 5.74) is 4.29. The molecule has 1 aromatic carbocycles. The summed E-state index contributed by atoms with van der Waals surface area (Å²) in [6.07, 6.45) is 0.879. The quantitative estimate of drug-likeness (QED) is 0.940. The van der Waals surface area contributed by atoms with Crippen LogP contribution in [-0.4, -0.2) is 40.6 Å². The largest absolute Gasteiger partial charge is 0.396 e. The Morgan fingerprint density at radius 1 is 1.39 bits per heavy atom. The van der Waals surface area contributed by atoms with Crippen LogP contribution in [0, 0.1) is 26.7 Å². The van der Waals surface area contributed by atoms with Gasteiger partial charge in [-0.25, -0.2) is 4.98 Å². The van der Waals surface area contributed by atoms with E-state index in [1.54, 1.807) is 0 Å². The highest BCUT2D eigenvalue weighted by Crippen LogP contribution is 2.32. The minimum atomic E-state index is 0.0481. The van der Waals surface area contributed by atoms with E-state index in [0.29, 0.717) is 6.54 Å². The van der Waals surface area contributed by atoms with Crippen LogP contribution >= 0.6 is 11.3 Å². The second-order valence-electron chi connectivity index (χ2n) is 6.34. The zero-order valence-corrected chi connectivity index (χ0v) is 14.6. The number of amides is 1. The fraction of sp³-hybridized carbons (Fsp3) is 0.444. The molecular formula is C18H22N2O2S. The van der Waals surface area contributed by atoms with Crippen molar-refractivity contribution in [1.82, 2.24) is 9.88 Å². The van der Waals surface area contributed by atoms with Gasteiger partial charge in [-0.05, 0) is 32.8 Å². The van der Waals surface area contributed by atoms with Gasteiger partial charge < -0.3 is 10.0 Å². The number of nitrogens with zero attached hydrogens (tertiary/aromatic N) is 2. The second-order valence-corrected chi connectivity index (χ2v) is 7.34. The monoisotopic (exact) mass is 330 g/mol. The molecule has 0 saturated carbocycles. The lowest BCUT2D eigenvalue weighted by Gasteiger charge is -2.15. The summed E-state index contributed by atoms with van der Waals surface area (Å²) in [4.78, 5) is 19.9. The number of rotatable bonds is 3. The van der Waals surface area contributed by atoms with Gasteiger partial charge in [0.2, 0.25) is 0 Å². The minimum absolute atomic E-state index is 0.0481. The van der Waals surface area contributed by atoms with E-state index in [-0.39, 0.29) is 18.4 Å². The molecule has 1 fully saturated rings. The third kappa shape index (κ3) is 3.16. The molecule has 1 aliphatic rings. The molecule has 0 aliphatic carbocycles. The SMILES string of the molecule is Cc1ccc(-c2nc(C)c(C(=O)N3CCC(CO)C3)s2)c(C)c1. The first-order chi connectivity index (χ1) is 11.0. The van der Waals surface area contributed by atoms with Crippen molar-refractivity contribution in [3.8, 4) is 10.6 Å². The molecule has 1 aliphatic heterocycles. The number of aliphatic hydroxyl groups excluding tert-OH is 1. The number of aromatic nitrogens is 1. The predicted molar refractivity (Wildman–Crippen MR) is 92.9 cm³/mol. The van der Waals surface area contributed by atoms with Gasteiger partial charge in [0.05, 0.1) is 5.69 Å². The van der Waals surface area contributed by atoms with Crippen LogP contribution in [0.5, 0.6) is 0 Å². The molecule has 0 bridgehead atoms. The number of benzene rings is 1. The van der Waals surface area contributed by atoms with Crippen LogP contribution in [0.15, 0.2) is 18.2 Å². The number of hydrogen-bond acceptors (Lipinski definition) is 4. The minimum Gasteiger partial charge on any atom is -0.396 e. The highest BCUT2D eigenvalue weighted by atomic mass is 32.1. The van der Waals surface area contributed by atoms with Crippen LogP contribution < -0.4 is 0 Å². The van der Waals surface area contributed by atoms with Crippen molar-refractivity contribution < 1.29 is 9.90 Å². The lowest BCUT2D eigenvalue weighted by Crippen LogP contribution is -2.29. The smallest absolute Gasteiger partial charge is 0.265 e. The third-order valence-corrected chi connectivity index (χ3v) is 5.61. The summed E-state index contributed by atoms with van der Waals surface area (Å²) in [6, 6.07) is 6.29. The molecule has 1 saturated heterocycles. The van der Waals surface area contributed by atoms with Crippen LogP contribution in [-0.2, 0) is 0 Å². The molecule has 5 heteroatoms. The molecule has 1 unspecified atom stereocenters. The third-order valence-electron chi connectivity index (χ3n) is 4.43. The van der Waals surface area contributed by atoms with Crippen molar-refractivity contribution >= 4 is 17.2 Å². The van der Waals surface area contributed by atoms with Crippen LogP contribution in [0.1, 0.15) is 32.9 Å². The first-order valence-electron chi connectivity index (χ1n) is 7.94. The van der Waals surface area contributed by atoms with E-state index in [9.17, 15) is 9.90 Å². The van der Waals surface area contributed by atoms with Crippen molar-refractivity contribution in [2.24, 2.45) is 5.92 Å².